The molecule has 5 nitrogen and oxygen atoms in total. The molecule has 1 aliphatic heterocycles. The summed E-state index contributed by atoms with van der Waals surface area (Å²) in [5.74, 6) is -0.376. The number of carbonyl (C=O) groups is 1. The fourth-order valence-electron chi connectivity index (χ4n) is 3.33. The minimum absolute atomic E-state index is 0.376. The summed E-state index contributed by atoms with van der Waals surface area (Å²) < 4.78 is 10.2. The van der Waals surface area contributed by atoms with Gasteiger partial charge in [-0.05, 0) is 30.3 Å². The highest BCUT2D eigenvalue weighted by atomic mass is 35.5. The van der Waals surface area contributed by atoms with E-state index in [4.69, 9.17) is 32.7 Å². The minimum atomic E-state index is -0.376. The molecule has 2 heterocycles. The molecular formula is C20H18Cl2N2O3. The van der Waals surface area contributed by atoms with Crippen molar-refractivity contribution in [2.45, 2.75) is 0 Å². The number of nitrogens with one attached hydrogen (secondary N) is 1. The van der Waals surface area contributed by atoms with Crippen LogP contribution in [0.25, 0.3) is 22.2 Å². The van der Waals surface area contributed by atoms with Gasteiger partial charge >= 0.3 is 5.97 Å². The Morgan fingerprint density at radius 2 is 1.81 bits per heavy atom. The number of ether oxygens (including phenoxy) is 2. The number of rotatable bonds is 3. The molecule has 0 saturated carbocycles. The molecule has 1 fully saturated rings. The summed E-state index contributed by atoms with van der Waals surface area (Å²) in [6.45, 7) is 3.02. The van der Waals surface area contributed by atoms with Crippen LogP contribution in [0.3, 0.4) is 0 Å². The van der Waals surface area contributed by atoms with Crippen molar-refractivity contribution in [3.8, 4) is 11.3 Å². The van der Waals surface area contributed by atoms with Gasteiger partial charge in [-0.2, -0.15) is 0 Å². The van der Waals surface area contributed by atoms with Crippen molar-refractivity contribution in [2.75, 3.05) is 38.3 Å². The van der Waals surface area contributed by atoms with Crippen LogP contribution in [0.1, 0.15) is 10.4 Å². The molecule has 0 atom stereocenters. The van der Waals surface area contributed by atoms with Gasteiger partial charge in [0.2, 0.25) is 0 Å². The Hall–Kier alpha value is -2.21. The maximum Gasteiger partial charge on any atom is 0.337 e. The molecule has 3 aromatic rings. The standard InChI is InChI=1S/C20H18Cl2N2O3/c1-26-20(25)13-3-2-12-8-18(23-17(12)9-13)19-15(21)10-14(11-16(19)22)24-4-6-27-7-5-24/h2-3,8-11,23H,4-7H2,1H3. The predicted octanol–water partition coefficient (Wildman–Crippen LogP) is 4.76. The first kappa shape index (κ1) is 18.2. The maximum absolute atomic E-state index is 11.7. The van der Waals surface area contributed by atoms with Gasteiger partial charge in [-0.1, -0.05) is 29.3 Å². The van der Waals surface area contributed by atoms with E-state index in [0.29, 0.717) is 28.8 Å². The van der Waals surface area contributed by atoms with Crippen LogP contribution in [-0.2, 0) is 9.47 Å². The van der Waals surface area contributed by atoms with Crippen molar-refractivity contribution in [1.29, 1.82) is 0 Å². The summed E-state index contributed by atoms with van der Waals surface area (Å²) in [5, 5.41) is 2.11. The van der Waals surface area contributed by atoms with Gasteiger partial charge in [0.1, 0.15) is 0 Å². The molecule has 0 bridgehead atoms. The molecule has 0 amide bonds. The van der Waals surface area contributed by atoms with E-state index in [9.17, 15) is 4.79 Å². The van der Waals surface area contributed by atoms with E-state index >= 15 is 0 Å². The van der Waals surface area contributed by atoms with Crippen molar-refractivity contribution in [3.05, 3.63) is 52.0 Å². The highest BCUT2D eigenvalue weighted by molar-refractivity contribution is 6.39. The number of morpholine rings is 1. The quantitative estimate of drug-likeness (QED) is 0.639. The number of hydrogen-bond acceptors (Lipinski definition) is 4. The molecule has 1 aliphatic rings. The zero-order chi connectivity index (χ0) is 19.0. The van der Waals surface area contributed by atoms with Crippen LogP contribution >= 0.6 is 23.2 Å². The van der Waals surface area contributed by atoms with Gasteiger partial charge in [-0.15, -0.1) is 0 Å². The van der Waals surface area contributed by atoms with E-state index in [1.165, 1.54) is 7.11 Å². The largest absolute Gasteiger partial charge is 0.465 e. The first-order valence-electron chi connectivity index (χ1n) is 8.60. The SMILES string of the molecule is COC(=O)c1ccc2cc(-c3c(Cl)cc(N4CCOCC4)cc3Cl)[nH]c2c1. The summed E-state index contributed by atoms with van der Waals surface area (Å²) in [6, 6.07) is 11.2. The van der Waals surface area contributed by atoms with Crippen LogP contribution in [0.5, 0.6) is 0 Å². The highest BCUT2D eigenvalue weighted by Crippen LogP contribution is 2.39. The lowest BCUT2D eigenvalue weighted by atomic mass is 10.1. The van der Waals surface area contributed by atoms with E-state index in [-0.39, 0.29) is 5.97 Å². The zero-order valence-electron chi connectivity index (χ0n) is 14.7. The smallest absolute Gasteiger partial charge is 0.337 e. The summed E-state index contributed by atoms with van der Waals surface area (Å²) in [7, 11) is 1.36. The summed E-state index contributed by atoms with van der Waals surface area (Å²) in [5.41, 5.74) is 3.83. The number of benzene rings is 2. The second-order valence-corrected chi connectivity index (χ2v) is 7.17. The van der Waals surface area contributed by atoms with Gasteiger partial charge in [-0.3, -0.25) is 0 Å². The molecule has 0 radical (unpaired) electrons. The number of esters is 1. The molecule has 7 heteroatoms. The number of anilines is 1. The molecule has 0 spiro atoms. The minimum Gasteiger partial charge on any atom is -0.465 e. The van der Waals surface area contributed by atoms with Gasteiger partial charge < -0.3 is 19.4 Å². The van der Waals surface area contributed by atoms with Crippen molar-refractivity contribution in [1.82, 2.24) is 4.98 Å². The summed E-state index contributed by atoms with van der Waals surface area (Å²) >= 11 is 13.2. The second-order valence-electron chi connectivity index (χ2n) is 6.36. The van der Waals surface area contributed by atoms with Crippen LogP contribution < -0.4 is 4.90 Å². The third-order valence-corrected chi connectivity index (χ3v) is 5.31. The molecule has 27 heavy (non-hydrogen) atoms. The number of carbonyl (C=O) groups excluding carboxylic acids is 1. The van der Waals surface area contributed by atoms with Gasteiger partial charge in [0, 0.05) is 40.9 Å². The number of halogens is 2. The summed E-state index contributed by atoms with van der Waals surface area (Å²) in [6.07, 6.45) is 0. The van der Waals surface area contributed by atoms with Gasteiger partial charge in [0.15, 0.2) is 0 Å². The molecule has 2 aromatic carbocycles. The fourth-order valence-corrected chi connectivity index (χ4v) is 4.01. The van der Waals surface area contributed by atoms with E-state index in [1.807, 2.05) is 24.3 Å². The number of H-pyrrole nitrogens is 1. The van der Waals surface area contributed by atoms with Gasteiger partial charge in [0.05, 0.1) is 35.9 Å². The Morgan fingerprint density at radius 3 is 2.48 bits per heavy atom. The molecule has 0 unspecified atom stereocenters. The Balaban J connectivity index is 1.73. The molecular weight excluding hydrogens is 387 g/mol. The lowest BCUT2D eigenvalue weighted by Crippen LogP contribution is -2.36. The zero-order valence-corrected chi connectivity index (χ0v) is 16.2. The highest BCUT2D eigenvalue weighted by Gasteiger charge is 2.18. The Labute approximate surface area is 166 Å². The molecule has 4 rings (SSSR count). The third-order valence-electron chi connectivity index (χ3n) is 4.72. The van der Waals surface area contributed by atoms with Crippen LogP contribution in [0.2, 0.25) is 10.0 Å². The van der Waals surface area contributed by atoms with Crippen LogP contribution in [0, 0.1) is 0 Å². The third kappa shape index (κ3) is 3.50. The average molecular weight is 405 g/mol. The average Bonchev–Trinajstić information content (AvgIpc) is 3.10. The number of hydrogen-bond donors (Lipinski definition) is 1. The predicted molar refractivity (Wildman–Crippen MR) is 108 cm³/mol. The topological polar surface area (TPSA) is 54.6 Å². The number of methoxy groups -OCH3 is 1. The lowest BCUT2D eigenvalue weighted by Gasteiger charge is -2.29. The van der Waals surface area contributed by atoms with Gasteiger partial charge in [-0.25, -0.2) is 4.79 Å². The number of fused-ring (bicyclic) bond motifs is 1. The van der Waals surface area contributed by atoms with Crippen LogP contribution in [0.4, 0.5) is 5.69 Å². The number of aromatic nitrogens is 1. The second kappa shape index (κ2) is 7.43. The molecule has 1 N–H and O–H groups in total. The Morgan fingerprint density at radius 1 is 1.11 bits per heavy atom. The Bertz CT molecular complexity index is 987. The van der Waals surface area contributed by atoms with Crippen LogP contribution in [-0.4, -0.2) is 44.4 Å². The van der Waals surface area contributed by atoms with Crippen molar-refractivity contribution >= 4 is 45.8 Å². The monoisotopic (exact) mass is 404 g/mol. The Kier molecular flexibility index (Phi) is 5.00. The van der Waals surface area contributed by atoms with Crippen molar-refractivity contribution < 1.29 is 14.3 Å². The first-order valence-corrected chi connectivity index (χ1v) is 9.35. The van der Waals surface area contributed by atoms with Gasteiger partial charge in [0.25, 0.3) is 0 Å². The summed E-state index contributed by atoms with van der Waals surface area (Å²) in [4.78, 5) is 17.2. The van der Waals surface area contributed by atoms with Crippen molar-refractivity contribution in [2.24, 2.45) is 0 Å². The molecule has 0 aliphatic carbocycles. The number of aromatic amines is 1. The van der Waals surface area contributed by atoms with E-state index < -0.39 is 0 Å². The molecule has 140 valence electrons. The van der Waals surface area contributed by atoms with Crippen molar-refractivity contribution in [3.63, 3.8) is 0 Å². The number of nitrogens with zero attached hydrogens (tertiary/aromatic N) is 1. The van der Waals surface area contributed by atoms with E-state index in [2.05, 4.69) is 9.88 Å². The normalized spacial score (nSPS) is 14.6. The lowest BCUT2D eigenvalue weighted by molar-refractivity contribution is 0.0601. The molecule has 1 saturated heterocycles. The molecule has 1 aromatic heterocycles. The fraction of sp³-hybridized carbons (Fsp3) is 0.250. The van der Waals surface area contributed by atoms with E-state index in [0.717, 1.165) is 40.9 Å². The van der Waals surface area contributed by atoms with Crippen LogP contribution in [0.15, 0.2) is 36.4 Å². The first-order chi connectivity index (χ1) is 13.1. The maximum atomic E-state index is 11.7. The van der Waals surface area contributed by atoms with E-state index in [1.54, 1.807) is 12.1 Å².